The topological polar surface area (TPSA) is 63.4 Å². The van der Waals surface area contributed by atoms with Gasteiger partial charge < -0.3 is 5.73 Å². The van der Waals surface area contributed by atoms with E-state index in [9.17, 15) is 9.59 Å². The molecule has 2 rings (SSSR count). The van der Waals surface area contributed by atoms with Crippen molar-refractivity contribution in [3.05, 3.63) is 12.2 Å². The summed E-state index contributed by atoms with van der Waals surface area (Å²) in [5, 5.41) is 0. The number of imide groups is 1. The molecule has 1 heterocycles. The highest BCUT2D eigenvalue weighted by atomic mass is 35.5. The van der Waals surface area contributed by atoms with Crippen LogP contribution in [0.15, 0.2) is 12.2 Å². The number of nitrogens with zero attached hydrogens (tertiary/aromatic N) is 1. The zero-order valence-corrected chi connectivity index (χ0v) is 10.1. The molecule has 90 valence electrons. The molecule has 5 heteroatoms. The number of hydrogen-bond acceptors (Lipinski definition) is 3. The zero-order valence-electron chi connectivity index (χ0n) is 9.26. The van der Waals surface area contributed by atoms with Crippen molar-refractivity contribution >= 4 is 24.2 Å². The fourth-order valence-electron chi connectivity index (χ4n) is 2.37. The molecular formula is C11H17ClN2O2. The predicted octanol–water partition coefficient (Wildman–Crippen LogP) is 0.707. The maximum Gasteiger partial charge on any atom is 0.233 e. The highest BCUT2D eigenvalue weighted by Gasteiger charge is 2.48. The molecule has 0 bridgehead atoms. The van der Waals surface area contributed by atoms with Crippen LogP contribution in [0.3, 0.4) is 0 Å². The number of hydrogen-bond donors (Lipinski definition) is 1. The quantitative estimate of drug-likeness (QED) is 0.575. The van der Waals surface area contributed by atoms with Crippen molar-refractivity contribution in [2.75, 3.05) is 6.54 Å². The Bertz CT molecular complexity index is 304. The average molecular weight is 245 g/mol. The molecule has 1 fully saturated rings. The van der Waals surface area contributed by atoms with Gasteiger partial charge in [-0.15, -0.1) is 12.4 Å². The lowest BCUT2D eigenvalue weighted by molar-refractivity contribution is -0.142. The fourth-order valence-corrected chi connectivity index (χ4v) is 2.37. The van der Waals surface area contributed by atoms with Gasteiger partial charge >= 0.3 is 0 Å². The molecule has 3 atom stereocenters. The van der Waals surface area contributed by atoms with E-state index in [1.807, 2.05) is 19.1 Å². The third kappa shape index (κ3) is 1.87. The summed E-state index contributed by atoms with van der Waals surface area (Å²) >= 11 is 0. The predicted molar refractivity (Wildman–Crippen MR) is 63.0 cm³/mol. The lowest BCUT2D eigenvalue weighted by Crippen LogP contribution is -2.43. The van der Waals surface area contributed by atoms with Crippen molar-refractivity contribution in [1.29, 1.82) is 0 Å². The second-order valence-corrected chi connectivity index (χ2v) is 4.29. The van der Waals surface area contributed by atoms with Crippen LogP contribution in [0.25, 0.3) is 0 Å². The second-order valence-electron chi connectivity index (χ2n) is 4.29. The molecule has 0 aromatic heterocycles. The van der Waals surface area contributed by atoms with Crippen LogP contribution in [0.5, 0.6) is 0 Å². The summed E-state index contributed by atoms with van der Waals surface area (Å²) in [6, 6.07) is -0.171. The number of amides is 2. The fraction of sp³-hybridized carbons (Fsp3) is 0.636. The summed E-state index contributed by atoms with van der Waals surface area (Å²) in [4.78, 5) is 25.3. The summed E-state index contributed by atoms with van der Waals surface area (Å²) < 4.78 is 0. The Labute approximate surface area is 101 Å². The Morgan fingerprint density at radius 1 is 1.31 bits per heavy atom. The first-order valence-electron chi connectivity index (χ1n) is 5.38. The van der Waals surface area contributed by atoms with Gasteiger partial charge in [0.05, 0.1) is 11.8 Å². The standard InChI is InChI=1S/C11H16N2O2.ClH/c1-7(6-12)13-10(14)8-4-2-3-5-9(8)11(13)15;/h2-3,7-9H,4-6,12H2,1H3;1H. The Morgan fingerprint density at radius 3 is 2.12 bits per heavy atom. The molecule has 0 saturated carbocycles. The van der Waals surface area contributed by atoms with Crippen LogP contribution in [0.2, 0.25) is 0 Å². The van der Waals surface area contributed by atoms with Gasteiger partial charge in [0.1, 0.15) is 0 Å². The minimum absolute atomic E-state index is 0. The lowest BCUT2D eigenvalue weighted by Gasteiger charge is -2.21. The minimum atomic E-state index is -0.171. The number of fused-ring (bicyclic) bond motifs is 1. The van der Waals surface area contributed by atoms with Crippen LogP contribution in [-0.2, 0) is 9.59 Å². The molecule has 0 aromatic carbocycles. The van der Waals surface area contributed by atoms with E-state index in [1.165, 1.54) is 4.90 Å². The van der Waals surface area contributed by atoms with Gasteiger partial charge in [-0.2, -0.15) is 0 Å². The number of allylic oxidation sites excluding steroid dienone is 2. The second kappa shape index (κ2) is 4.97. The van der Waals surface area contributed by atoms with Crippen molar-refractivity contribution in [3.8, 4) is 0 Å². The van der Waals surface area contributed by atoms with E-state index < -0.39 is 0 Å². The number of carbonyl (C=O) groups is 2. The van der Waals surface area contributed by atoms with E-state index >= 15 is 0 Å². The lowest BCUT2D eigenvalue weighted by atomic mass is 9.85. The van der Waals surface area contributed by atoms with E-state index in [-0.39, 0.29) is 42.1 Å². The Morgan fingerprint density at radius 2 is 1.75 bits per heavy atom. The average Bonchev–Trinajstić information content (AvgIpc) is 2.52. The largest absolute Gasteiger partial charge is 0.328 e. The van der Waals surface area contributed by atoms with Crippen molar-refractivity contribution in [2.45, 2.75) is 25.8 Å². The van der Waals surface area contributed by atoms with Crippen LogP contribution in [0.4, 0.5) is 0 Å². The molecule has 0 radical (unpaired) electrons. The first-order chi connectivity index (χ1) is 7.16. The van der Waals surface area contributed by atoms with Crippen LogP contribution in [0, 0.1) is 11.8 Å². The molecule has 0 spiro atoms. The maximum absolute atomic E-state index is 12.0. The van der Waals surface area contributed by atoms with Crippen molar-refractivity contribution < 1.29 is 9.59 Å². The Kier molecular flexibility index (Phi) is 4.10. The summed E-state index contributed by atoms with van der Waals surface area (Å²) in [5.41, 5.74) is 5.50. The molecule has 1 aliphatic heterocycles. The van der Waals surface area contributed by atoms with Crippen molar-refractivity contribution in [1.82, 2.24) is 4.90 Å². The van der Waals surface area contributed by atoms with Gasteiger partial charge in [-0.1, -0.05) is 12.2 Å². The summed E-state index contributed by atoms with van der Waals surface area (Å²) in [7, 11) is 0. The molecule has 2 amide bonds. The maximum atomic E-state index is 12.0. The van der Waals surface area contributed by atoms with Gasteiger partial charge in [-0.05, 0) is 19.8 Å². The zero-order chi connectivity index (χ0) is 11.0. The minimum Gasteiger partial charge on any atom is -0.328 e. The molecule has 1 saturated heterocycles. The molecule has 4 nitrogen and oxygen atoms in total. The third-order valence-electron chi connectivity index (χ3n) is 3.32. The molecule has 0 aromatic rings. The molecule has 16 heavy (non-hydrogen) atoms. The Hall–Kier alpha value is -0.870. The SMILES string of the molecule is CC(CN)N1C(=O)C2CC=CCC2C1=O.Cl. The number of nitrogens with two attached hydrogens (primary N) is 1. The van der Waals surface area contributed by atoms with E-state index in [2.05, 4.69) is 0 Å². The van der Waals surface area contributed by atoms with Crippen LogP contribution >= 0.6 is 12.4 Å². The van der Waals surface area contributed by atoms with Gasteiger partial charge in [-0.25, -0.2) is 0 Å². The van der Waals surface area contributed by atoms with Gasteiger partial charge in [0.2, 0.25) is 11.8 Å². The number of rotatable bonds is 2. The van der Waals surface area contributed by atoms with Crippen molar-refractivity contribution in [3.63, 3.8) is 0 Å². The number of halogens is 1. The van der Waals surface area contributed by atoms with E-state index in [0.717, 1.165) is 0 Å². The molecule has 2 N–H and O–H groups in total. The smallest absolute Gasteiger partial charge is 0.233 e. The van der Waals surface area contributed by atoms with Gasteiger partial charge in [0.25, 0.3) is 0 Å². The summed E-state index contributed by atoms with van der Waals surface area (Å²) in [6.07, 6.45) is 5.37. The van der Waals surface area contributed by atoms with E-state index in [4.69, 9.17) is 5.73 Å². The molecule has 3 unspecified atom stereocenters. The van der Waals surface area contributed by atoms with E-state index in [1.54, 1.807) is 0 Å². The number of likely N-dealkylation sites (tertiary alicyclic amines) is 1. The molecule has 2 aliphatic rings. The summed E-state index contributed by atoms with van der Waals surface area (Å²) in [6.45, 7) is 2.16. The highest BCUT2D eigenvalue weighted by molar-refractivity contribution is 6.05. The third-order valence-corrected chi connectivity index (χ3v) is 3.32. The first-order valence-corrected chi connectivity index (χ1v) is 5.38. The monoisotopic (exact) mass is 244 g/mol. The molecule has 1 aliphatic carbocycles. The first kappa shape index (κ1) is 13.2. The van der Waals surface area contributed by atoms with Gasteiger partial charge in [0, 0.05) is 12.6 Å². The van der Waals surface area contributed by atoms with Crippen LogP contribution < -0.4 is 5.73 Å². The summed E-state index contributed by atoms with van der Waals surface area (Å²) in [5.74, 6) is -0.326. The Balaban J connectivity index is 0.00000128. The van der Waals surface area contributed by atoms with Gasteiger partial charge in [0.15, 0.2) is 0 Å². The van der Waals surface area contributed by atoms with Crippen molar-refractivity contribution in [2.24, 2.45) is 17.6 Å². The molecular weight excluding hydrogens is 228 g/mol. The highest BCUT2D eigenvalue weighted by Crippen LogP contribution is 2.35. The normalized spacial score (nSPS) is 30.0. The van der Waals surface area contributed by atoms with Crippen LogP contribution in [0.1, 0.15) is 19.8 Å². The number of carbonyl (C=O) groups excluding carboxylic acids is 2. The van der Waals surface area contributed by atoms with Gasteiger partial charge in [-0.3, -0.25) is 14.5 Å². The van der Waals surface area contributed by atoms with E-state index in [0.29, 0.717) is 19.4 Å². The van der Waals surface area contributed by atoms with Crippen LogP contribution in [-0.4, -0.2) is 29.3 Å².